The van der Waals surface area contributed by atoms with Crippen LogP contribution in [-0.4, -0.2) is 41.0 Å². The van der Waals surface area contributed by atoms with E-state index in [-0.39, 0.29) is 11.3 Å². The number of aromatic nitrogens is 2. The molecular weight excluding hydrogens is 314 g/mol. The molecule has 0 unspecified atom stereocenters. The van der Waals surface area contributed by atoms with Gasteiger partial charge in [0.25, 0.3) is 0 Å². The van der Waals surface area contributed by atoms with Crippen LogP contribution in [-0.2, 0) is 16.8 Å². The van der Waals surface area contributed by atoms with E-state index in [1.807, 2.05) is 11.3 Å². The highest BCUT2D eigenvalue weighted by molar-refractivity contribution is 7.10. The number of hydrogen-bond acceptors (Lipinski definition) is 6. The van der Waals surface area contributed by atoms with Gasteiger partial charge in [-0.25, -0.2) is 4.79 Å². The minimum atomic E-state index is -1.05. The van der Waals surface area contributed by atoms with E-state index in [4.69, 9.17) is 9.84 Å². The average Bonchev–Trinajstić information content (AvgIpc) is 3.06. The van der Waals surface area contributed by atoms with E-state index in [9.17, 15) is 4.79 Å². The number of nitrogens with zero attached hydrogens (tertiary/aromatic N) is 3. The fourth-order valence-electron chi connectivity index (χ4n) is 3.48. The van der Waals surface area contributed by atoms with Crippen molar-refractivity contribution in [3.8, 4) is 0 Å². The molecule has 6 nitrogen and oxygen atoms in total. The van der Waals surface area contributed by atoms with Gasteiger partial charge in [0.05, 0.1) is 12.2 Å². The second kappa shape index (κ2) is 5.58. The fraction of sp³-hybridized carbons (Fsp3) is 0.438. The number of carbonyl (C=O) groups is 1. The Morgan fingerprint density at radius 3 is 2.78 bits per heavy atom. The highest BCUT2D eigenvalue weighted by Gasteiger charge is 2.41. The molecule has 0 amide bonds. The van der Waals surface area contributed by atoms with Crippen LogP contribution >= 0.6 is 11.3 Å². The number of hydrogen-bond donors (Lipinski definition) is 1. The molecule has 23 heavy (non-hydrogen) atoms. The van der Waals surface area contributed by atoms with Gasteiger partial charge in [-0.1, -0.05) is 0 Å². The fourth-order valence-corrected chi connectivity index (χ4v) is 4.43. The molecule has 120 valence electrons. The van der Waals surface area contributed by atoms with Gasteiger partial charge in [0, 0.05) is 24.4 Å². The highest BCUT2D eigenvalue weighted by Crippen LogP contribution is 2.43. The zero-order valence-electron chi connectivity index (χ0n) is 12.6. The maximum atomic E-state index is 10.9. The van der Waals surface area contributed by atoms with E-state index in [0.29, 0.717) is 0 Å². The van der Waals surface area contributed by atoms with Crippen LogP contribution in [0.5, 0.6) is 0 Å². The number of ether oxygens (including phenoxy) is 1. The molecule has 0 aromatic carbocycles. The topological polar surface area (TPSA) is 75.5 Å². The molecule has 1 saturated heterocycles. The Bertz CT molecular complexity index is 720. The third kappa shape index (κ3) is 2.49. The third-order valence-corrected chi connectivity index (χ3v) is 5.69. The van der Waals surface area contributed by atoms with Gasteiger partial charge >= 0.3 is 5.97 Å². The predicted molar refractivity (Wildman–Crippen MR) is 86.1 cm³/mol. The van der Waals surface area contributed by atoms with Gasteiger partial charge in [-0.05, 0) is 42.0 Å². The summed E-state index contributed by atoms with van der Waals surface area (Å²) in [5.41, 5.74) is 1.18. The number of anilines is 1. The largest absolute Gasteiger partial charge is 0.476 e. The van der Waals surface area contributed by atoms with Crippen molar-refractivity contribution in [2.24, 2.45) is 0 Å². The maximum Gasteiger partial charge on any atom is 0.356 e. The molecule has 0 saturated carbocycles. The number of carboxylic acid groups (broad SMARTS) is 1. The summed E-state index contributed by atoms with van der Waals surface area (Å²) in [7, 11) is 0. The lowest BCUT2D eigenvalue weighted by molar-refractivity contribution is -0.0757. The summed E-state index contributed by atoms with van der Waals surface area (Å²) < 4.78 is 6.19. The summed E-state index contributed by atoms with van der Waals surface area (Å²) in [5.74, 6) is -0.326. The van der Waals surface area contributed by atoms with Crippen LogP contribution in [0, 0.1) is 0 Å². The summed E-state index contributed by atoms with van der Waals surface area (Å²) >= 11 is 1.82. The number of rotatable bonds is 2. The van der Waals surface area contributed by atoms with Gasteiger partial charge in [0.2, 0.25) is 0 Å². The van der Waals surface area contributed by atoms with Crippen LogP contribution < -0.4 is 4.90 Å². The van der Waals surface area contributed by atoms with Crippen molar-refractivity contribution in [2.45, 2.75) is 24.9 Å². The number of carboxylic acids is 1. The summed E-state index contributed by atoms with van der Waals surface area (Å²) in [4.78, 5) is 14.5. The van der Waals surface area contributed by atoms with Crippen LogP contribution in [0.2, 0.25) is 0 Å². The van der Waals surface area contributed by atoms with Crippen molar-refractivity contribution in [3.63, 3.8) is 0 Å². The van der Waals surface area contributed by atoms with Crippen LogP contribution in [0.4, 0.5) is 5.82 Å². The molecule has 7 heteroatoms. The second-order valence-corrected chi connectivity index (χ2v) is 6.92. The predicted octanol–water partition coefficient (Wildman–Crippen LogP) is 2.30. The van der Waals surface area contributed by atoms with Crippen molar-refractivity contribution in [3.05, 3.63) is 39.7 Å². The van der Waals surface area contributed by atoms with E-state index >= 15 is 0 Å². The molecular formula is C16H17N3O3S. The summed E-state index contributed by atoms with van der Waals surface area (Å²) in [5, 5.41) is 18.9. The maximum absolute atomic E-state index is 10.9. The lowest BCUT2D eigenvalue weighted by Gasteiger charge is -2.44. The standard InChI is InChI=1S/C16H17N3O3S/c20-15(21)12-1-2-14(18-17-12)19-7-5-16(6-8-19)11-4-10-23-13(11)3-9-22-16/h1-2,4,10H,3,5-9H2,(H,20,21). The molecule has 1 fully saturated rings. The zero-order valence-corrected chi connectivity index (χ0v) is 13.4. The Morgan fingerprint density at radius 2 is 2.09 bits per heavy atom. The smallest absolute Gasteiger partial charge is 0.356 e. The Kier molecular flexibility index (Phi) is 3.54. The first-order valence-corrected chi connectivity index (χ1v) is 8.59. The zero-order chi connectivity index (χ0) is 15.9. The van der Waals surface area contributed by atoms with Gasteiger partial charge < -0.3 is 14.7 Å². The molecule has 4 heterocycles. The molecule has 2 aliphatic rings. The number of thiophene rings is 1. The van der Waals surface area contributed by atoms with Crippen LogP contribution in [0.1, 0.15) is 33.8 Å². The first-order valence-electron chi connectivity index (χ1n) is 7.71. The van der Waals surface area contributed by atoms with E-state index < -0.39 is 5.97 Å². The molecule has 2 aliphatic heterocycles. The average molecular weight is 331 g/mol. The molecule has 4 rings (SSSR count). The molecule has 0 atom stereocenters. The number of aromatic carboxylic acids is 1. The summed E-state index contributed by atoms with van der Waals surface area (Å²) in [6.07, 6.45) is 2.85. The molecule has 2 aromatic heterocycles. The lowest BCUT2D eigenvalue weighted by Crippen LogP contribution is -2.46. The third-order valence-electron chi connectivity index (χ3n) is 4.71. The van der Waals surface area contributed by atoms with Gasteiger partial charge in [-0.2, -0.15) is 0 Å². The van der Waals surface area contributed by atoms with E-state index in [2.05, 4.69) is 26.5 Å². The molecule has 0 radical (unpaired) electrons. The quantitative estimate of drug-likeness (QED) is 0.910. The van der Waals surface area contributed by atoms with Crippen molar-refractivity contribution >= 4 is 23.1 Å². The van der Waals surface area contributed by atoms with Gasteiger partial charge in [-0.15, -0.1) is 21.5 Å². The van der Waals surface area contributed by atoms with Crippen molar-refractivity contribution < 1.29 is 14.6 Å². The summed E-state index contributed by atoms with van der Waals surface area (Å²) in [6, 6.07) is 5.44. The summed E-state index contributed by atoms with van der Waals surface area (Å²) in [6.45, 7) is 2.45. The molecule has 2 aromatic rings. The van der Waals surface area contributed by atoms with Gasteiger partial charge in [-0.3, -0.25) is 0 Å². The number of piperidine rings is 1. The van der Waals surface area contributed by atoms with Crippen molar-refractivity contribution in [1.29, 1.82) is 0 Å². The molecule has 1 N–H and O–H groups in total. The van der Waals surface area contributed by atoms with Crippen molar-refractivity contribution in [2.75, 3.05) is 24.6 Å². The Labute approximate surface area is 137 Å². The van der Waals surface area contributed by atoms with E-state index in [1.165, 1.54) is 16.5 Å². The molecule has 1 spiro atoms. The minimum Gasteiger partial charge on any atom is -0.476 e. The second-order valence-electron chi connectivity index (χ2n) is 5.92. The monoisotopic (exact) mass is 331 g/mol. The van der Waals surface area contributed by atoms with Crippen LogP contribution in [0.25, 0.3) is 0 Å². The van der Waals surface area contributed by atoms with E-state index in [0.717, 1.165) is 44.8 Å². The first kappa shape index (κ1) is 14.6. The van der Waals surface area contributed by atoms with E-state index in [1.54, 1.807) is 6.07 Å². The molecule has 0 bridgehead atoms. The minimum absolute atomic E-state index is 0.0271. The normalized spacial score (nSPS) is 19.6. The lowest BCUT2D eigenvalue weighted by atomic mass is 9.82. The Balaban J connectivity index is 1.51. The molecule has 0 aliphatic carbocycles. The number of fused-ring (bicyclic) bond motifs is 2. The van der Waals surface area contributed by atoms with Crippen molar-refractivity contribution in [1.82, 2.24) is 10.2 Å². The SMILES string of the molecule is O=C(O)c1ccc(N2CCC3(CC2)OCCc2sccc23)nn1. The first-order chi connectivity index (χ1) is 11.2. The Hall–Kier alpha value is -1.99. The van der Waals surface area contributed by atoms with Gasteiger partial charge in [0.1, 0.15) is 0 Å². The Morgan fingerprint density at radius 1 is 1.26 bits per heavy atom. The van der Waals surface area contributed by atoms with Crippen LogP contribution in [0.3, 0.4) is 0 Å². The highest BCUT2D eigenvalue weighted by atomic mass is 32.1. The van der Waals surface area contributed by atoms with Gasteiger partial charge in [0.15, 0.2) is 11.5 Å². The van der Waals surface area contributed by atoms with Crippen LogP contribution in [0.15, 0.2) is 23.6 Å².